The minimum absolute atomic E-state index is 0.0118. The van der Waals surface area contributed by atoms with Crippen molar-refractivity contribution in [2.45, 2.75) is 96.1 Å². The third-order valence-electron chi connectivity index (χ3n) is 7.29. The molecule has 2 aliphatic rings. The first kappa shape index (κ1) is 26.0. The van der Waals surface area contributed by atoms with Gasteiger partial charge in [0, 0.05) is 17.9 Å². The van der Waals surface area contributed by atoms with Gasteiger partial charge in [-0.15, -0.1) is 0 Å². The number of nitrogens with one attached hydrogen (secondary N) is 4. The Morgan fingerprint density at radius 3 is 2.28 bits per heavy atom. The number of carbonyl (C=O) groups is 1. The van der Waals surface area contributed by atoms with Crippen molar-refractivity contribution in [1.29, 1.82) is 5.41 Å². The van der Waals surface area contributed by atoms with Crippen LogP contribution in [0.3, 0.4) is 0 Å². The number of amidine groups is 1. The minimum atomic E-state index is -0.443. The largest absolute Gasteiger partial charge is 0.460 e. The summed E-state index contributed by atoms with van der Waals surface area (Å²) in [6.07, 6.45) is 11.1. The summed E-state index contributed by atoms with van der Waals surface area (Å²) < 4.78 is 5.57. The lowest BCUT2D eigenvalue weighted by molar-refractivity contribution is -0.161. The molecule has 0 saturated heterocycles. The van der Waals surface area contributed by atoms with Gasteiger partial charge in [-0.25, -0.2) is 0 Å². The molecular weight excluding hydrogens is 452 g/mol. The van der Waals surface area contributed by atoms with Gasteiger partial charge in [-0.2, -0.15) is 0 Å². The molecule has 0 unspecified atom stereocenters. The highest BCUT2D eigenvalue weighted by atomic mass is 16.6. The van der Waals surface area contributed by atoms with Crippen molar-refractivity contribution in [3.63, 3.8) is 0 Å². The van der Waals surface area contributed by atoms with E-state index in [4.69, 9.17) is 10.1 Å². The third kappa shape index (κ3) is 6.77. The van der Waals surface area contributed by atoms with Crippen molar-refractivity contribution < 1.29 is 9.53 Å². The van der Waals surface area contributed by atoms with Crippen molar-refractivity contribution >= 4 is 23.2 Å². The number of hydrogen-bond donors (Lipinski definition) is 4. The van der Waals surface area contributed by atoms with Gasteiger partial charge in [-0.05, 0) is 89.0 Å². The van der Waals surface area contributed by atoms with Gasteiger partial charge in [0.2, 0.25) is 0 Å². The zero-order valence-corrected chi connectivity index (χ0v) is 21.8. The van der Waals surface area contributed by atoms with E-state index in [1.807, 2.05) is 39.0 Å². The second-order valence-electron chi connectivity index (χ2n) is 11.3. The van der Waals surface area contributed by atoms with E-state index in [9.17, 15) is 9.59 Å². The summed E-state index contributed by atoms with van der Waals surface area (Å²) in [6, 6.07) is 10.3. The van der Waals surface area contributed by atoms with Crippen LogP contribution in [0.4, 0.5) is 11.4 Å². The van der Waals surface area contributed by atoms with Gasteiger partial charge in [0.1, 0.15) is 17.0 Å². The fourth-order valence-corrected chi connectivity index (χ4v) is 5.41. The van der Waals surface area contributed by atoms with Crippen LogP contribution in [0.15, 0.2) is 41.3 Å². The predicted molar refractivity (Wildman–Crippen MR) is 145 cm³/mol. The van der Waals surface area contributed by atoms with Crippen LogP contribution in [-0.2, 0) is 9.53 Å². The monoisotopic (exact) mass is 492 g/mol. The van der Waals surface area contributed by atoms with Gasteiger partial charge >= 0.3 is 5.97 Å². The Morgan fingerprint density at radius 2 is 1.64 bits per heavy atom. The maximum absolute atomic E-state index is 12.6. The average Bonchev–Trinajstić information content (AvgIpc) is 2.84. The summed E-state index contributed by atoms with van der Waals surface area (Å²) in [7, 11) is 0. The Kier molecular flexibility index (Phi) is 8.17. The number of anilines is 2. The molecule has 194 valence electrons. The summed E-state index contributed by atoms with van der Waals surface area (Å²) in [4.78, 5) is 27.7. The number of aromatic nitrogens is 1. The topological polar surface area (TPSA) is 107 Å². The van der Waals surface area contributed by atoms with Gasteiger partial charge in [-0.1, -0.05) is 31.4 Å². The van der Waals surface area contributed by atoms with E-state index in [2.05, 4.69) is 27.8 Å². The van der Waals surface area contributed by atoms with Gasteiger partial charge in [0.25, 0.3) is 5.56 Å². The van der Waals surface area contributed by atoms with E-state index in [1.165, 1.54) is 24.8 Å². The van der Waals surface area contributed by atoms with Crippen LogP contribution in [0.2, 0.25) is 0 Å². The van der Waals surface area contributed by atoms with Crippen molar-refractivity contribution in [3.05, 3.63) is 58.0 Å². The van der Waals surface area contributed by atoms with Crippen LogP contribution in [0, 0.1) is 11.3 Å². The molecule has 1 heterocycles. The molecule has 4 N–H and O–H groups in total. The predicted octanol–water partition coefficient (Wildman–Crippen LogP) is 6.17. The van der Waals surface area contributed by atoms with Crippen molar-refractivity contribution in [2.75, 3.05) is 10.6 Å². The Balaban J connectivity index is 1.36. The number of aromatic amines is 1. The van der Waals surface area contributed by atoms with E-state index in [1.54, 1.807) is 6.20 Å². The summed E-state index contributed by atoms with van der Waals surface area (Å²) in [6.45, 7) is 5.73. The molecule has 0 atom stereocenters. The van der Waals surface area contributed by atoms with E-state index in [0.717, 1.165) is 44.2 Å². The number of hydrogen-bond acceptors (Lipinski definition) is 5. The summed E-state index contributed by atoms with van der Waals surface area (Å²) in [5, 5.41) is 15.2. The average molecular weight is 493 g/mol. The van der Waals surface area contributed by atoms with Crippen LogP contribution < -0.4 is 16.2 Å². The lowest BCUT2D eigenvalue weighted by Crippen LogP contribution is -2.30. The molecule has 2 fully saturated rings. The summed E-state index contributed by atoms with van der Waals surface area (Å²) >= 11 is 0. The number of benzene rings is 1. The maximum Gasteiger partial charge on any atom is 0.309 e. The lowest BCUT2D eigenvalue weighted by atomic mass is 9.78. The number of H-pyrrole nitrogens is 1. The minimum Gasteiger partial charge on any atom is -0.460 e. The molecule has 2 aliphatic carbocycles. The number of rotatable bonds is 6. The SMILES string of the molecule is CC(C)(C)OC(=O)C1CCC(c2ccc(NC(=N)c3c(NC4CCCCC4)cc[nH]c3=O)cc2)CC1. The molecule has 0 bridgehead atoms. The number of esters is 1. The molecule has 0 aliphatic heterocycles. The molecule has 4 rings (SSSR count). The van der Waals surface area contributed by atoms with Crippen molar-refractivity contribution in [2.24, 2.45) is 5.92 Å². The Morgan fingerprint density at radius 1 is 0.972 bits per heavy atom. The molecule has 2 aromatic rings. The first-order valence-corrected chi connectivity index (χ1v) is 13.4. The highest BCUT2D eigenvalue weighted by Crippen LogP contribution is 2.37. The molecule has 7 nitrogen and oxygen atoms in total. The lowest BCUT2D eigenvalue weighted by Gasteiger charge is -2.30. The number of carbonyl (C=O) groups excluding carboxylic acids is 1. The molecule has 0 radical (unpaired) electrons. The van der Waals surface area contributed by atoms with Crippen LogP contribution >= 0.6 is 0 Å². The van der Waals surface area contributed by atoms with Crippen LogP contribution in [0.5, 0.6) is 0 Å². The molecule has 36 heavy (non-hydrogen) atoms. The first-order chi connectivity index (χ1) is 17.2. The highest BCUT2D eigenvalue weighted by molar-refractivity contribution is 6.09. The zero-order valence-electron chi connectivity index (χ0n) is 21.8. The molecule has 1 aromatic heterocycles. The maximum atomic E-state index is 12.6. The zero-order chi connectivity index (χ0) is 25.7. The molecule has 2 saturated carbocycles. The van der Waals surface area contributed by atoms with E-state index >= 15 is 0 Å². The molecular formula is C29H40N4O3. The second-order valence-corrected chi connectivity index (χ2v) is 11.3. The molecule has 0 amide bonds. The van der Waals surface area contributed by atoms with Crippen LogP contribution in [-0.4, -0.2) is 28.4 Å². The third-order valence-corrected chi connectivity index (χ3v) is 7.29. The van der Waals surface area contributed by atoms with E-state index in [0.29, 0.717) is 23.2 Å². The molecule has 7 heteroatoms. The van der Waals surface area contributed by atoms with Crippen LogP contribution in [0.25, 0.3) is 0 Å². The van der Waals surface area contributed by atoms with Crippen LogP contribution in [0.1, 0.15) is 95.6 Å². The molecule has 1 aromatic carbocycles. The number of pyridine rings is 1. The smallest absolute Gasteiger partial charge is 0.309 e. The highest BCUT2D eigenvalue weighted by Gasteiger charge is 2.30. The van der Waals surface area contributed by atoms with Gasteiger partial charge in [0.15, 0.2) is 0 Å². The first-order valence-electron chi connectivity index (χ1n) is 13.4. The summed E-state index contributed by atoms with van der Waals surface area (Å²) in [5.41, 5.74) is 2.35. The Labute approximate surface area is 213 Å². The van der Waals surface area contributed by atoms with Crippen molar-refractivity contribution in [1.82, 2.24) is 4.98 Å². The van der Waals surface area contributed by atoms with Crippen molar-refractivity contribution in [3.8, 4) is 0 Å². The van der Waals surface area contributed by atoms with E-state index < -0.39 is 5.60 Å². The fourth-order valence-electron chi connectivity index (χ4n) is 5.41. The normalized spacial score (nSPS) is 21.0. The van der Waals surface area contributed by atoms with Gasteiger partial charge < -0.3 is 20.4 Å². The summed E-state index contributed by atoms with van der Waals surface area (Å²) in [5.74, 6) is 0.413. The fraction of sp³-hybridized carbons (Fsp3) is 0.552. The van der Waals surface area contributed by atoms with Gasteiger partial charge in [-0.3, -0.25) is 15.0 Å². The number of ether oxygens (including phenoxy) is 1. The van der Waals surface area contributed by atoms with Gasteiger partial charge in [0.05, 0.1) is 11.6 Å². The Hall–Kier alpha value is -3.09. The Bertz CT molecular complexity index is 1100. The second kappa shape index (κ2) is 11.3. The molecule has 0 spiro atoms. The quantitative estimate of drug-likeness (QED) is 0.219. The van der Waals surface area contributed by atoms with E-state index in [-0.39, 0.29) is 23.3 Å². The standard InChI is InChI=1S/C29H40N4O3/c1-29(2,3)36-28(35)21-11-9-19(10-12-21)20-13-15-23(16-14-20)33-26(30)25-24(17-18-31-27(25)34)32-22-7-5-4-6-8-22/h13-19,21-22H,4-12H2,1-3H3,(H2,30,33)(H2,31,32,34).